The molecule has 20 heavy (non-hydrogen) atoms. The Hall–Kier alpha value is -2.20. The third-order valence-corrected chi connectivity index (χ3v) is 3.70. The van der Waals surface area contributed by atoms with Crippen LogP contribution in [0.5, 0.6) is 0 Å². The van der Waals surface area contributed by atoms with Crippen LogP contribution in [0.3, 0.4) is 0 Å². The maximum absolute atomic E-state index is 4.66. The lowest BCUT2D eigenvalue weighted by atomic mass is 10.1. The van der Waals surface area contributed by atoms with E-state index in [4.69, 9.17) is 0 Å². The van der Waals surface area contributed by atoms with Crippen molar-refractivity contribution in [2.24, 2.45) is 0 Å². The molecule has 0 spiro atoms. The number of hydrogen-bond acceptors (Lipinski definition) is 3. The van der Waals surface area contributed by atoms with E-state index in [0.717, 1.165) is 23.3 Å². The number of nitrogens with zero attached hydrogens (tertiary/aromatic N) is 3. The van der Waals surface area contributed by atoms with Crippen LogP contribution in [0.1, 0.15) is 18.5 Å². The monoisotopic (exact) mass is 264 g/mol. The van der Waals surface area contributed by atoms with Crippen molar-refractivity contribution < 1.29 is 0 Å². The molecule has 1 aliphatic carbocycles. The SMILES string of the molecule is c1cc(-n2ccc(CNC3CC3)n2)c2cnccc2c1. The van der Waals surface area contributed by atoms with Gasteiger partial charge in [-0.05, 0) is 36.4 Å². The Morgan fingerprint density at radius 2 is 2.15 bits per heavy atom. The zero-order valence-corrected chi connectivity index (χ0v) is 11.2. The van der Waals surface area contributed by atoms with Gasteiger partial charge in [-0.15, -0.1) is 0 Å². The second-order valence-corrected chi connectivity index (χ2v) is 5.28. The second-order valence-electron chi connectivity index (χ2n) is 5.28. The maximum atomic E-state index is 4.66. The molecule has 0 bridgehead atoms. The van der Waals surface area contributed by atoms with Gasteiger partial charge in [-0.3, -0.25) is 4.98 Å². The lowest BCUT2D eigenvalue weighted by molar-refractivity contribution is 0.665. The quantitative estimate of drug-likeness (QED) is 0.788. The second kappa shape index (κ2) is 4.72. The minimum absolute atomic E-state index is 0.710. The van der Waals surface area contributed by atoms with E-state index in [2.05, 4.69) is 39.7 Å². The van der Waals surface area contributed by atoms with Gasteiger partial charge in [-0.2, -0.15) is 5.10 Å². The van der Waals surface area contributed by atoms with Crippen molar-refractivity contribution >= 4 is 10.8 Å². The van der Waals surface area contributed by atoms with E-state index in [1.54, 1.807) is 0 Å². The van der Waals surface area contributed by atoms with Crippen LogP contribution in [0.4, 0.5) is 0 Å². The van der Waals surface area contributed by atoms with Gasteiger partial charge in [-0.1, -0.05) is 12.1 Å². The lowest BCUT2D eigenvalue weighted by Crippen LogP contribution is -2.15. The summed E-state index contributed by atoms with van der Waals surface area (Å²) in [5.41, 5.74) is 2.16. The van der Waals surface area contributed by atoms with Gasteiger partial charge in [0.1, 0.15) is 0 Å². The smallest absolute Gasteiger partial charge is 0.0766 e. The molecule has 0 saturated heterocycles. The number of aromatic nitrogens is 3. The lowest BCUT2D eigenvalue weighted by Gasteiger charge is -2.06. The fourth-order valence-electron chi connectivity index (χ4n) is 2.42. The van der Waals surface area contributed by atoms with E-state index in [1.165, 1.54) is 18.2 Å². The minimum Gasteiger partial charge on any atom is -0.308 e. The molecule has 0 radical (unpaired) electrons. The van der Waals surface area contributed by atoms with E-state index in [-0.39, 0.29) is 0 Å². The first-order valence-electron chi connectivity index (χ1n) is 7.01. The third kappa shape index (κ3) is 2.18. The molecule has 1 aliphatic rings. The first-order chi connectivity index (χ1) is 9.90. The molecule has 1 fully saturated rings. The molecule has 1 saturated carbocycles. The molecule has 0 aliphatic heterocycles. The highest BCUT2D eigenvalue weighted by Crippen LogP contribution is 2.21. The Kier molecular flexibility index (Phi) is 2.74. The van der Waals surface area contributed by atoms with Crippen LogP contribution in [-0.4, -0.2) is 20.8 Å². The summed E-state index contributed by atoms with van der Waals surface area (Å²) >= 11 is 0. The van der Waals surface area contributed by atoms with Crippen LogP contribution in [-0.2, 0) is 6.54 Å². The van der Waals surface area contributed by atoms with Gasteiger partial charge < -0.3 is 5.32 Å². The molecule has 4 nitrogen and oxygen atoms in total. The first kappa shape index (κ1) is 11.6. The summed E-state index contributed by atoms with van der Waals surface area (Å²) in [6.07, 6.45) is 8.34. The molecule has 0 unspecified atom stereocenters. The van der Waals surface area contributed by atoms with Crippen LogP contribution >= 0.6 is 0 Å². The number of pyridine rings is 1. The zero-order chi connectivity index (χ0) is 13.4. The first-order valence-corrected chi connectivity index (χ1v) is 7.01. The van der Waals surface area contributed by atoms with E-state index in [1.807, 2.05) is 29.3 Å². The Bertz CT molecular complexity index is 738. The highest BCUT2D eigenvalue weighted by Gasteiger charge is 2.20. The number of nitrogens with one attached hydrogen (secondary N) is 1. The topological polar surface area (TPSA) is 42.7 Å². The van der Waals surface area contributed by atoms with E-state index >= 15 is 0 Å². The molecule has 1 N–H and O–H groups in total. The van der Waals surface area contributed by atoms with Crippen molar-refractivity contribution in [1.82, 2.24) is 20.1 Å². The average Bonchev–Trinajstić information content (AvgIpc) is 3.21. The summed E-state index contributed by atoms with van der Waals surface area (Å²) in [5, 5.41) is 10.5. The van der Waals surface area contributed by atoms with Crippen LogP contribution in [0, 0.1) is 0 Å². The summed E-state index contributed by atoms with van der Waals surface area (Å²) < 4.78 is 1.94. The third-order valence-electron chi connectivity index (χ3n) is 3.70. The van der Waals surface area contributed by atoms with Crippen molar-refractivity contribution in [2.75, 3.05) is 0 Å². The van der Waals surface area contributed by atoms with Gasteiger partial charge in [0, 0.05) is 36.6 Å². The molecule has 0 amide bonds. The van der Waals surface area contributed by atoms with Crippen LogP contribution in [0.15, 0.2) is 48.9 Å². The highest BCUT2D eigenvalue weighted by atomic mass is 15.3. The fourth-order valence-corrected chi connectivity index (χ4v) is 2.42. The van der Waals surface area contributed by atoms with Gasteiger partial charge in [0.25, 0.3) is 0 Å². The van der Waals surface area contributed by atoms with Gasteiger partial charge in [0.15, 0.2) is 0 Å². The Morgan fingerprint density at radius 1 is 1.20 bits per heavy atom. The standard InChI is InChI=1S/C16H16N4/c1-2-12-6-8-17-11-15(12)16(3-1)20-9-7-14(19-20)10-18-13-4-5-13/h1-3,6-9,11,13,18H,4-5,10H2. The number of fused-ring (bicyclic) bond motifs is 1. The van der Waals surface area contributed by atoms with Crippen LogP contribution in [0.25, 0.3) is 16.5 Å². The molecule has 4 heteroatoms. The summed E-state index contributed by atoms with van der Waals surface area (Å²) in [6.45, 7) is 0.848. The normalized spacial score (nSPS) is 14.8. The molecule has 0 atom stereocenters. The van der Waals surface area contributed by atoms with Crippen molar-refractivity contribution in [1.29, 1.82) is 0 Å². The summed E-state index contributed by atoms with van der Waals surface area (Å²) in [4.78, 5) is 4.22. The Morgan fingerprint density at radius 3 is 3.05 bits per heavy atom. The van der Waals surface area contributed by atoms with Gasteiger partial charge >= 0.3 is 0 Å². The fraction of sp³-hybridized carbons (Fsp3) is 0.250. The summed E-state index contributed by atoms with van der Waals surface area (Å²) in [5.74, 6) is 0. The molecular weight excluding hydrogens is 248 g/mol. The summed E-state index contributed by atoms with van der Waals surface area (Å²) in [6, 6.07) is 11.0. The minimum atomic E-state index is 0.710. The van der Waals surface area contributed by atoms with E-state index in [9.17, 15) is 0 Å². The molecule has 2 aromatic heterocycles. The molecule has 1 aromatic carbocycles. The van der Waals surface area contributed by atoms with Crippen LogP contribution in [0.2, 0.25) is 0 Å². The molecule has 3 aromatic rings. The summed E-state index contributed by atoms with van der Waals surface area (Å²) in [7, 11) is 0. The number of hydrogen-bond donors (Lipinski definition) is 1. The largest absolute Gasteiger partial charge is 0.308 e. The number of rotatable bonds is 4. The predicted octanol–water partition coefficient (Wildman–Crippen LogP) is 2.67. The molecule has 4 rings (SSSR count). The molecular formula is C16H16N4. The Labute approximate surface area is 117 Å². The highest BCUT2D eigenvalue weighted by molar-refractivity contribution is 5.89. The van der Waals surface area contributed by atoms with Crippen LogP contribution < -0.4 is 5.32 Å². The Balaban J connectivity index is 1.67. The maximum Gasteiger partial charge on any atom is 0.0766 e. The van der Waals surface area contributed by atoms with Crippen molar-refractivity contribution in [3.63, 3.8) is 0 Å². The average molecular weight is 264 g/mol. The van der Waals surface area contributed by atoms with Crippen molar-refractivity contribution in [2.45, 2.75) is 25.4 Å². The van der Waals surface area contributed by atoms with E-state index < -0.39 is 0 Å². The van der Waals surface area contributed by atoms with Crippen molar-refractivity contribution in [3.05, 3.63) is 54.6 Å². The molecule has 100 valence electrons. The number of benzene rings is 1. The van der Waals surface area contributed by atoms with Gasteiger partial charge in [0.05, 0.1) is 11.4 Å². The predicted molar refractivity (Wildman–Crippen MR) is 78.7 cm³/mol. The zero-order valence-electron chi connectivity index (χ0n) is 11.2. The van der Waals surface area contributed by atoms with Gasteiger partial charge in [0.2, 0.25) is 0 Å². The van der Waals surface area contributed by atoms with Gasteiger partial charge in [-0.25, -0.2) is 4.68 Å². The van der Waals surface area contributed by atoms with Crippen molar-refractivity contribution in [3.8, 4) is 5.69 Å². The molecule has 2 heterocycles. The van der Waals surface area contributed by atoms with E-state index in [0.29, 0.717) is 6.04 Å².